The first-order chi connectivity index (χ1) is 11.4. The van der Waals surface area contributed by atoms with Crippen LogP contribution in [-0.4, -0.2) is 45.8 Å². The second-order valence-electron chi connectivity index (χ2n) is 4.85. The van der Waals surface area contributed by atoms with Crippen molar-refractivity contribution in [2.24, 2.45) is 11.8 Å². The van der Waals surface area contributed by atoms with Crippen molar-refractivity contribution in [3.8, 4) is 0 Å². The minimum Gasteiger partial charge on any atom is -0.463 e. The predicted molar refractivity (Wildman–Crippen MR) is 75.5 cm³/mol. The summed E-state index contributed by atoms with van der Waals surface area (Å²) in [5.74, 6) is 9.56. The van der Waals surface area contributed by atoms with Gasteiger partial charge < -0.3 is 15.2 Å². The zero-order valence-electron chi connectivity index (χ0n) is 12.5. The Labute approximate surface area is 135 Å². The SMILES string of the molecule is CC(=O)OC[C@H]1O[C@@H](c2ncnc(N)c2[N+](=O)[O-])[C@H](ON)[C@@H]1ON. The van der Waals surface area contributed by atoms with Gasteiger partial charge in [0, 0.05) is 6.92 Å². The summed E-state index contributed by atoms with van der Waals surface area (Å²) in [5.41, 5.74) is 4.83. The van der Waals surface area contributed by atoms with E-state index in [9.17, 15) is 14.9 Å². The molecule has 0 aliphatic carbocycles. The number of anilines is 1. The van der Waals surface area contributed by atoms with Crippen LogP contribution >= 0.6 is 0 Å². The van der Waals surface area contributed by atoms with Crippen LogP contribution < -0.4 is 17.5 Å². The van der Waals surface area contributed by atoms with Gasteiger partial charge in [0.25, 0.3) is 0 Å². The van der Waals surface area contributed by atoms with Crippen LogP contribution in [0.15, 0.2) is 6.33 Å². The Morgan fingerprint density at radius 2 is 2.04 bits per heavy atom. The van der Waals surface area contributed by atoms with E-state index in [0.717, 1.165) is 6.33 Å². The second-order valence-corrected chi connectivity index (χ2v) is 4.85. The van der Waals surface area contributed by atoms with Crippen LogP contribution in [0.4, 0.5) is 11.5 Å². The molecule has 1 aromatic rings. The van der Waals surface area contributed by atoms with Crippen LogP contribution in [0.25, 0.3) is 0 Å². The molecule has 0 amide bonds. The first kappa shape index (κ1) is 17.9. The van der Waals surface area contributed by atoms with Gasteiger partial charge in [-0.3, -0.25) is 24.6 Å². The van der Waals surface area contributed by atoms with Crippen molar-refractivity contribution < 1.29 is 28.9 Å². The van der Waals surface area contributed by atoms with E-state index in [1.165, 1.54) is 6.92 Å². The smallest absolute Gasteiger partial charge is 0.335 e. The molecule has 0 bridgehead atoms. The van der Waals surface area contributed by atoms with Gasteiger partial charge in [0.05, 0.1) is 4.92 Å². The molecule has 4 atom stereocenters. The highest BCUT2D eigenvalue weighted by Crippen LogP contribution is 2.40. The average molecular weight is 344 g/mol. The predicted octanol–water partition coefficient (Wildman–Crippen LogP) is -1.51. The van der Waals surface area contributed by atoms with E-state index < -0.39 is 41.0 Å². The number of aromatic nitrogens is 2. The van der Waals surface area contributed by atoms with Gasteiger partial charge in [-0.25, -0.2) is 21.8 Å². The van der Waals surface area contributed by atoms with Crippen LogP contribution in [0.5, 0.6) is 0 Å². The van der Waals surface area contributed by atoms with Gasteiger partial charge in [-0.15, -0.1) is 0 Å². The lowest BCUT2D eigenvalue weighted by Gasteiger charge is -2.19. The molecule has 13 nitrogen and oxygen atoms in total. The molecule has 0 unspecified atom stereocenters. The van der Waals surface area contributed by atoms with Crippen LogP contribution in [0.1, 0.15) is 18.7 Å². The summed E-state index contributed by atoms with van der Waals surface area (Å²) >= 11 is 0. The third-order valence-electron chi connectivity index (χ3n) is 3.41. The number of carbonyl (C=O) groups is 1. The molecule has 0 saturated carbocycles. The van der Waals surface area contributed by atoms with Crippen molar-refractivity contribution >= 4 is 17.5 Å². The van der Waals surface area contributed by atoms with Crippen molar-refractivity contribution in [2.75, 3.05) is 12.3 Å². The van der Waals surface area contributed by atoms with Gasteiger partial charge in [-0.05, 0) is 0 Å². The topological polar surface area (TPSA) is 201 Å². The van der Waals surface area contributed by atoms with Gasteiger partial charge in [0.1, 0.15) is 37.4 Å². The number of carbonyl (C=O) groups excluding carboxylic acids is 1. The first-order valence-corrected chi connectivity index (χ1v) is 6.65. The number of nitrogens with zero attached hydrogens (tertiary/aromatic N) is 3. The lowest BCUT2D eigenvalue weighted by molar-refractivity contribution is -0.386. The quantitative estimate of drug-likeness (QED) is 0.306. The monoisotopic (exact) mass is 344 g/mol. The molecule has 132 valence electrons. The summed E-state index contributed by atoms with van der Waals surface area (Å²) in [4.78, 5) is 38.4. The molecule has 24 heavy (non-hydrogen) atoms. The molecule has 1 saturated heterocycles. The van der Waals surface area contributed by atoms with Gasteiger partial charge in [0.15, 0.2) is 5.69 Å². The fourth-order valence-corrected chi connectivity index (χ4v) is 2.40. The minimum atomic E-state index is -1.13. The van der Waals surface area contributed by atoms with Gasteiger partial charge >= 0.3 is 11.7 Å². The molecule has 1 fully saturated rings. The lowest BCUT2D eigenvalue weighted by atomic mass is 10.0. The minimum absolute atomic E-state index is 0.157. The number of hydrogen-bond donors (Lipinski definition) is 3. The zero-order valence-corrected chi connectivity index (χ0v) is 12.5. The Bertz CT molecular complexity index is 629. The number of hydrogen-bond acceptors (Lipinski definition) is 12. The summed E-state index contributed by atoms with van der Waals surface area (Å²) in [5, 5.41) is 11.2. The van der Waals surface area contributed by atoms with Crippen LogP contribution in [0.3, 0.4) is 0 Å². The standard InChI is InChI=1S/C11H16N6O7/c1-4(18)21-2-5-8(23-13)10(24-14)9(22-5)6-7(17(19)20)11(12)16-3-15-6/h3,5,8-10H,2,13-14H2,1H3,(H2,12,15,16)/t5-,8-,9+,10-/m1/s1. The van der Waals surface area contributed by atoms with Crippen LogP contribution in [-0.2, 0) is 23.9 Å². The maximum atomic E-state index is 11.2. The molecule has 1 aliphatic rings. The summed E-state index contributed by atoms with van der Waals surface area (Å²) in [7, 11) is 0. The molecule has 2 heterocycles. The Morgan fingerprint density at radius 1 is 1.38 bits per heavy atom. The largest absolute Gasteiger partial charge is 0.463 e. The van der Waals surface area contributed by atoms with Crippen molar-refractivity contribution in [1.29, 1.82) is 0 Å². The van der Waals surface area contributed by atoms with E-state index in [-0.39, 0.29) is 18.1 Å². The second kappa shape index (κ2) is 7.41. The summed E-state index contributed by atoms with van der Waals surface area (Å²) in [6.45, 7) is 0.986. The maximum absolute atomic E-state index is 11.2. The third kappa shape index (κ3) is 3.39. The maximum Gasteiger partial charge on any atom is 0.335 e. The Kier molecular flexibility index (Phi) is 5.53. The summed E-state index contributed by atoms with van der Waals surface area (Å²) in [6.07, 6.45) is -2.99. The number of rotatable bonds is 6. The molecule has 1 aromatic heterocycles. The van der Waals surface area contributed by atoms with E-state index in [1.807, 2.05) is 0 Å². The Hall–Kier alpha value is -2.45. The summed E-state index contributed by atoms with van der Waals surface area (Å²) < 4.78 is 10.5. The van der Waals surface area contributed by atoms with Crippen LogP contribution in [0.2, 0.25) is 0 Å². The highest BCUT2D eigenvalue weighted by Gasteiger charge is 2.50. The number of esters is 1. The zero-order chi connectivity index (χ0) is 17.9. The normalized spacial score (nSPS) is 26.3. The Morgan fingerprint density at radius 3 is 2.58 bits per heavy atom. The highest BCUT2D eigenvalue weighted by atomic mass is 16.7. The third-order valence-corrected chi connectivity index (χ3v) is 3.41. The first-order valence-electron chi connectivity index (χ1n) is 6.65. The van der Waals surface area contributed by atoms with E-state index in [0.29, 0.717) is 0 Å². The summed E-state index contributed by atoms with van der Waals surface area (Å²) in [6, 6.07) is 0. The molecular weight excluding hydrogens is 328 g/mol. The number of nitrogen functional groups attached to an aromatic ring is 1. The molecule has 6 N–H and O–H groups in total. The van der Waals surface area contributed by atoms with Crippen molar-refractivity contribution in [2.45, 2.75) is 31.3 Å². The van der Waals surface area contributed by atoms with Crippen molar-refractivity contribution in [1.82, 2.24) is 9.97 Å². The fraction of sp³-hybridized carbons (Fsp3) is 0.545. The van der Waals surface area contributed by atoms with Crippen molar-refractivity contribution in [3.05, 3.63) is 22.1 Å². The van der Waals surface area contributed by atoms with Gasteiger partial charge in [-0.1, -0.05) is 0 Å². The lowest BCUT2D eigenvalue weighted by Crippen LogP contribution is -2.41. The highest BCUT2D eigenvalue weighted by molar-refractivity contribution is 5.65. The van der Waals surface area contributed by atoms with E-state index >= 15 is 0 Å². The Balaban J connectivity index is 2.37. The molecule has 13 heteroatoms. The average Bonchev–Trinajstić information content (AvgIpc) is 2.89. The van der Waals surface area contributed by atoms with E-state index in [1.54, 1.807) is 0 Å². The number of nitrogens with two attached hydrogens (primary N) is 3. The number of ether oxygens (including phenoxy) is 2. The number of nitro groups is 1. The fourth-order valence-electron chi connectivity index (χ4n) is 2.40. The molecule has 0 radical (unpaired) electrons. The van der Waals surface area contributed by atoms with E-state index in [2.05, 4.69) is 9.97 Å². The molecule has 0 aromatic carbocycles. The van der Waals surface area contributed by atoms with Gasteiger partial charge in [-0.2, -0.15) is 0 Å². The molecule has 1 aliphatic heterocycles. The van der Waals surface area contributed by atoms with Crippen molar-refractivity contribution in [3.63, 3.8) is 0 Å². The van der Waals surface area contributed by atoms with Crippen LogP contribution in [0, 0.1) is 10.1 Å². The van der Waals surface area contributed by atoms with E-state index in [4.69, 9.17) is 36.7 Å². The van der Waals surface area contributed by atoms with Gasteiger partial charge in [0.2, 0.25) is 5.82 Å². The molecular formula is C11H16N6O7. The molecule has 0 spiro atoms. The molecule has 2 rings (SSSR count).